The Morgan fingerprint density at radius 2 is 2.16 bits per heavy atom. The summed E-state index contributed by atoms with van der Waals surface area (Å²) in [4.78, 5) is 19.5. The molecule has 0 saturated heterocycles. The van der Waals surface area contributed by atoms with Crippen LogP contribution in [0, 0.1) is 6.92 Å². The maximum absolute atomic E-state index is 12.0. The van der Waals surface area contributed by atoms with Gasteiger partial charge in [0, 0.05) is 16.5 Å². The molecule has 19 heavy (non-hydrogen) atoms. The van der Waals surface area contributed by atoms with E-state index in [1.54, 1.807) is 7.11 Å². The number of hydrogen-bond donors (Lipinski definition) is 1. The minimum atomic E-state index is -0.121. The highest BCUT2D eigenvalue weighted by atomic mass is 32.1. The van der Waals surface area contributed by atoms with E-state index in [0.717, 1.165) is 27.3 Å². The molecular formula is C14H12N2O2S. The SMILES string of the molecule is COc1ccc(C)cc1-c1csc2nc[nH]c(=O)c12. The fourth-order valence-corrected chi connectivity index (χ4v) is 3.02. The van der Waals surface area contributed by atoms with Gasteiger partial charge < -0.3 is 9.72 Å². The third-order valence-corrected chi connectivity index (χ3v) is 3.91. The number of fused-ring (bicyclic) bond motifs is 1. The lowest BCUT2D eigenvalue weighted by atomic mass is 10.0. The molecule has 0 fully saturated rings. The van der Waals surface area contributed by atoms with E-state index >= 15 is 0 Å². The number of methoxy groups -OCH3 is 1. The Bertz CT molecular complexity index is 805. The number of aromatic nitrogens is 2. The highest BCUT2D eigenvalue weighted by Gasteiger charge is 2.14. The molecule has 2 aromatic heterocycles. The molecule has 0 atom stereocenters. The van der Waals surface area contributed by atoms with Gasteiger partial charge in [0.15, 0.2) is 0 Å². The predicted molar refractivity (Wildman–Crippen MR) is 77.0 cm³/mol. The maximum atomic E-state index is 12.0. The Kier molecular flexibility index (Phi) is 2.83. The predicted octanol–water partition coefficient (Wildman–Crippen LogP) is 2.97. The second-order valence-corrected chi connectivity index (χ2v) is 5.12. The summed E-state index contributed by atoms with van der Waals surface area (Å²) in [6.45, 7) is 2.01. The van der Waals surface area contributed by atoms with Gasteiger partial charge in [0.1, 0.15) is 10.6 Å². The summed E-state index contributed by atoms with van der Waals surface area (Å²) in [5.74, 6) is 0.758. The third kappa shape index (κ3) is 1.92. The van der Waals surface area contributed by atoms with Crippen LogP contribution in [0.5, 0.6) is 5.75 Å². The van der Waals surface area contributed by atoms with Crippen molar-refractivity contribution in [3.05, 3.63) is 45.8 Å². The number of rotatable bonds is 2. The number of benzene rings is 1. The van der Waals surface area contributed by atoms with E-state index < -0.39 is 0 Å². The number of nitrogens with one attached hydrogen (secondary N) is 1. The van der Waals surface area contributed by atoms with Crippen molar-refractivity contribution in [2.24, 2.45) is 0 Å². The highest BCUT2D eigenvalue weighted by molar-refractivity contribution is 7.17. The second kappa shape index (κ2) is 4.51. The van der Waals surface area contributed by atoms with Crippen LogP contribution in [-0.2, 0) is 0 Å². The summed E-state index contributed by atoms with van der Waals surface area (Å²) >= 11 is 1.46. The Hall–Kier alpha value is -2.14. The van der Waals surface area contributed by atoms with Crippen molar-refractivity contribution in [3.63, 3.8) is 0 Å². The smallest absolute Gasteiger partial charge is 0.260 e. The number of aromatic amines is 1. The van der Waals surface area contributed by atoms with Crippen LogP contribution in [-0.4, -0.2) is 17.1 Å². The van der Waals surface area contributed by atoms with Crippen molar-refractivity contribution >= 4 is 21.6 Å². The first-order valence-electron chi connectivity index (χ1n) is 5.80. The van der Waals surface area contributed by atoms with Crippen molar-refractivity contribution in [1.29, 1.82) is 0 Å². The van der Waals surface area contributed by atoms with E-state index in [-0.39, 0.29) is 5.56 Å². The lowest BCUT2D eigenvalue weighted by molar-refractivity contribution is 0.416. The van der Waals surface area contributed by atoms with Gasteiger partial charge in [-0.15, -0.1) is 11.3 Å². The van der Waals surface area contributed by atoms with Gasteiger partial charge in [0.25, 0.3) is 5.56 Å². The average molecular weight is 272 g/mol. The molecule has 96 valence electrons. The minimum Gasteiger partial charge on any atom is -0.496 e. The van der Waals surface area contributed by atoms with E-state index in [0.29, 0.717) is 5.39 Å². The van der Waals surface area contributed by atoms with E-state index in [2.05, 4.69) is 9.97 Å². The standard InChI is InChI=1S/C14H12N2O2S/c1-8-3-4-11(18-2)9(5-8)10-6-19-14-12(10)13(17)15-7-16-14/h3-7H,1-2H3,(H,15,16,17). The van der Waals surface area contributed by atoms with Crippen LogP contribution in [0.3, 0.4) is 0 Å². The Balaban J connectivity index is 2.37. The van der Waals surface area contributed by atoms with Gasteiger partial charge in [-0.05, 0) is 19.1 Å². The summed E-state index contributed by atoms with van der Waals surface area (Å²) in [6, 6.07) is 5.92. The summed E-state index contributed by atoms with van der Waals surface area (Å²) in [7, 11) is 1.63. The van der Waals surface area contributed by atoms with Crippen LogP contribution in [0.4, 0.5) is 0 Å². The molecule has 1 N–H and O–H groups in total. The number of ether oxygens (including phenoxy) is 1. The van der Waals surface area contributed by atoms with E-state index in [4.69, 9.17) is 4.74 Å². The van der Waals surface area contributed by atoms with Crippen LogP contribution in [0.2, 0.25) is 0 Å². The van der Waals surface area contributed by atoms with E-state index in [1.807, 2.05) is 30.5 Å². The van der Waals surface area contributed by atoms with Crippen molar-refractivity contribution < 1.29 is 4.74 Å². The Labute approximate surface area is 113 Å². The molecular weight excluding hydrogens is 260 g/mol. The number of nitrogens with zero attached hydrogens (tertiary/aromatic N) is 1. The van der Waals surface area contributed by atoms with Crippen LogP contribution in [0.15, 0.2) is 34.7 Å². The van der Waals surface area contributed by atoms with Crippen LogP contribution < -0.4 is 10.3 Å². The molecule has 0 saturated carbocycles. The molecule has 5 heteroatoms. The monoisotopic (exact) mass is 272 g/mol. The fraction of sp³-hybridized carbons (Fsp3) is 0.143. The number of hydrogen-bond acceptors (Lipinski definition) is 4. The van der Waals surface area contributed by atoms with Crippen molar-refractivity contribution in [2.45, 2.75) is 6.92 Å². The molecule has 4 nitrogen and oxygen atoms in total. The van der Waals surface area contributed by atoms with Crippen molar-refractivity contribution in [2.75, 3.05) is 7.11 Å². The van der Waals surface area contributed by atoms with Crippen LogP contribution in [0.1, 0.15) is 5.56 Å². The summed E-state index contributed by atoms with van der Waals surface area (Å²) < 4.78 is 5.38. The van der Waals surface area contributed by atoms with Crippen LogP contribution >= 0.6 is 11.3 Å². The molecule has 0 spiro atoms. The third-order valence-electron chi connectivity index (χ3n) is 3.02. The van der Waals surface area contributed by atoms with Gasteiger partial charge in [-0.2, -0.15) is 0 Å². The molecule has 0 amide bonds. The van der Waals surface area contributed by atoms with Gasteiger partial charge in [-0.1, -0.05) is 11.6 Å². The molecule has 0 aliphatic carbocycles. The van der Waals surface area contributed by atoms with Crippen molar-refractivity contribution in [3.8, 4) is 16.9 Å². The van der Waals surface area contributed by atoms with Gasteiger partial charge in [-0.25, -0.2) is 4.98 Å². The molecule has 2 heterocycles. The molecule has 3 aromatic rings. The summed E-state index contributed by atoms with van der Waals surface area (Å²) in [5.41, 5.74) is 2.79. The van der Waals surface area contributed by atoms with Crippen LogP contribution in [0.25, 0.3) is 21.3 Å². The second-order valence-electron chi connectivity index (χ2n) is 4.26. The lowest BCUT2D eigenvalue weighted by Crippen LogP contribution is -2.05. The van der Waals surface area contributed by atoms with Gasteiger partial charge in [0.2, 0.25) is 0 Å². The van der Waals surface area contributed by atoms with E-state index in [1.165, 1.54) is 17.7 Å². The van der Waals surface area contributed by atoms with Gasteiger partial charge in [-0.3, -0.25) is 4.79 Å². The molecule has 0 aliphatic rings. The normalized spacial score (nSPS) is 10.8. The zero-order valence-electron chi connectivity index (χ0n) is 10.6. The Morgan fingerprint density at radius 1 is 1.32 bits per heavy atom. The largest absolute Gasteiger partial charge is 0.496 e. The zero-order chi connectivity index (χ0) is 13.4. The quantitative estimate of drug-likeness (QED) is 0.780. The fourth-order valence-electron chi connectivity index (χ4n) is 2.11. The highest BCUT2D eigenvalue weighted by Crippen LogP contribution is 2.36. The summed E-state index contributed by atoms with van der Waals surface area (Å²) in [6.07, 6.45) is 1.43. The first-order valence-corrected chi connectivity index (χ1v) is 6.68. The molecule has 3 rings (SSSR count). The van der Waals surface area contributed by atoms with Gasteiger partial charge in [0.05, 0.1) is 18.8 Å². The zero-order valence-corrected chi connectivity index (χ0v) is 11.4. The molecule has 0 radical (unpaired) electrons. The number of H-pyrrole nitrogens is 1. The van der Waals surface area contributed by atoms with Gasteiger partial charge >= 0.3 is 0 Å². The molecule has 1 aromatic carbocycles. The van der Waals surface area contributed by atoms with E-state index in [9.17, 15) is 4.79 Å². The maximum Gasteiger partial charge on any atom is 0.260 e. The number of thiophene rings is 1. The first kappa shape index (κ1) is 11.9. The minimum absolute atomic E-state index is 0.121. The first-order chi connectivity index (χ1) is 9.20. The number of aryl methyl sites for hydroxylation is 1. The lowest BCUT2D eigenvalue weighted by Gasteiger charge is -2.08. The molecule has 0 bridgehead atoms. The molecule has 0 aliphatic heterocycles. The Morgan fingerprint density at radius 3 is 2.95 bits per heavy atom. The van der Waals surface area contributed by atoms with Crippen molar-refractivity contribution in [1.82, 2.24) is 9.97 Å². The summed E-state index contributed by atoms with van der Waals surface area (Å²) in [5, 5.41) is 2.57. The average Bonchev–Trinajstić information content (AvgIpc) is 2.84. The molecule has 0 unspecified atom stereocenters. The topological polar surface area (TPSA) is 55.0 Å².